The lowest BCUT2D eigenvalue weighted by atomic mass is 9.55. The summed E-state index contributed by atoms with van der Waals surface area (Å²) < 4.78 is 32.1. The molecular formula is C44H59N3O9. The van der Waals surface area contributed by atoms with Gasteiger partial charge in [-0.05, 0) is 92.8 Å². The van der Waals surface area contributed by atoms with Crippen LogP contribution in [0.5, 0.6) is 23.0 Å². The number of oxime groups is 1. The first kappa shape index (κ1) is 40.1. The number of carbonyl (C=O) groups is 1. The van der Waals surface area contributed by atoms with Crippen LogP contribution in [0.25, 0.3) is 0 Å². The van der Waals surface area contributed by atoms with Gasteiger partial charge in [-0.2, -0.15) is 0 Å². The van der Waals surface area contributed by atoms with E-state index in [0.717, 1.165) is 67.9 Å². The number of rotatable bonds is 21. The molecule has 3 heterocycles. The third-order valence-electron chi connectivity index (χ3n) is 11.9. The predicted octanol–water partition coefficient (Wildman–Crippen LogP) is 6.32. The topological polar surface area (TPSA) is 132 Å². The summed E-state index contributed by atoms with van der Waals surface area (Å²) in [7, 11) is 0. The molecule has 0 radical (unpaired) electrons. The quantitative estimate of drug-likeness (QED) is 0.0644. The Hall–Kier alpha value is -4.10. The van der Waals surface area contributed by atoms with Crippen molar-refractivity contribution in [1.82, 2.24) is 9.80 Å². The molecule has 1 saturated heterocycles. The number of nitrogens with zero attached hydrogens (tertiary/aromatic N) is 3. The van der Waals surface area contributed by atoms with Gasteiger partial charge in [-0.3, -0.25) is 9.69 Å². The molecule has 7 rings (SSSR count). The summed E-state index contributed by atoms with van der Waals surface area (Å²) >= 11 is 0. The zero-order chi connectivity index (χ0) is 39.1. The third-order valence-corrected chi connectivity index (χ3v) is 11.9. The minimum atomic E-state index is -1.32. The Balaban J connectivity index is 1.40. The lowest BCUT2D eigenvalue weighted by molar-refractivity contribution is -0.254. The Morgan fingerprint density at radius 3 is 2.57 bits per heavy atom. The van der Waals surface area contributed by atoms with Gasteiger partial charge in [0.1, 0.15) is 30.8 Å². The average Bonchev–Trinajstić information content (AvgIpc) is 3.92. The van der Waals surface area contributed by atoms with E-state index < -0.39 is 11.8 Å². The highest BCUT2D eigenvalue weighted by molar-refractivity contribution is 6.03. The van der Waals surface area contributed by atoms with Crippen molar-refractivity contribution in [2.75, 3.05) is 66.0 Å². The monoisotopic (exact) mass is 773 g/mol. The fourth-order valence-corrected chi connectivity index (χ4v) is 9.30. The van der Waals surface area contributed by atoms with E-state index in [-0.39, 0.29) is 56.2 Å². The number of aliphatic hydroxyl groups excluding tert-OH is 2. The van der Waals surface area contributed by atoms with Crippen molar-refractivity contribution in [3.63, 3.8) is 0 Å². The molecule has 56 heavy (non-hydrogen) atoms. The Morgan fingerprint density at radius 2 is 1.82 bits per heavy atom. The highest BCUT2D eigenvalue weighted by atomic mass is 16.7. The molecule has 0 bridgehead atoms. The highest BCUT2D eigenvalue weighted by Crippen LogP contribution is 2.62. The highest BCUT2D eigenvalue weighted by Gasteiger charge is 2.65. The van der Waals surface area contributed by atoms with Crippen LogP contribution >= 0.6 is 0 Å². The van der Waals surface area contributed by atoms with Crippen molar-refractivity contribution in [1.29, 1.82) is 0 Å². The van der Waals surface area contributed by atoms with E-state index in [1.807, 2.05) is 24.0 Å². The number of aliphatic hydroxyl groups is 2. The standard InChI is InChI=1S/C44H59N3O9/c1-4-17-47(43(50)31-13-15-38-39(26-31)53-29-52-38)40-28-36(45-55-6-3)34-25-30(11-7-9-21-48)33(12-8-10-22-49)41-35-27-32(51-24-20-46-18-19-46)14-16-37(35)56-44(40,42(34)41)54-23-5-2/h5,13-16,25-27,30,33,40-42,48-49H,2,4,6-12,17-24,28-29H2,1,3H3. The molecule has 2 N–H and O–H groups in total. The molecule has 2 aliphatic carbocycles. The summed E-state index contributed by atoms with van der Waals surface area (Å²) in [4.78, 5) is 25.0. The van der Waals surface area contributed by atoms with Crippen LogP contribution in [0.1, 0.15) is 87.1 Å². The number of ether oxygens (including phenoxy) is 5. The first-order valence-electron chi connectivity index (χ1n) is 20.7. The SMILES string of the molecule is C=CCOC12Oc3ccc(OCCN4CC4)cc3C3C(CCCCO)C(CCCCO)C=C(C(=NOCC)CC1N(CCC)C(=O)c1ccc4c(c1)OCO4)C32. The molecule has 304 valence electrons. The van der Waals surface area contributed by atoms with Crippen LogP contribution in [0.3, 0.4) is 0 Å². The van der Waals surface area contributed by atoms with Gasteiger partial charge in [0.25, 0.3) is 5.91 Å². The van der Waals surface area contributed by atoms with Gasteiger partial charge in [0.15, 0.2) is 11.5 Å². The Labute approximate surface area is 331 Å². The van der Waals surface area contributed by atoms with Gasteiger partial charge in [-0.25, -0.2) is 0 Å². The summed E-state index contributed by atoms with van der Waals surface area (Å²) in [5, 5.41) is 24.5. The first-order chi connectivity index (χ1) is 27.5. The second-order valence-electron chi connectivity index (χ2n) is 15.4. The van der Waals surface area contributed by atoms with Gasteiger partial charge in [0.05, 0.1) is 18.2 Å². The molecule has 6 unspecified atom stereocenters. The second-order valence-corrected chi connectivity index (χ2v) is 15.4. The molecule has 12 heteroatoms. The number of unbranched alkanes of at least 4 members (excludes halogenated alkanes) is 2. The van der Waals surface area contributed by atoms with Crippen LogP contribution in [-0.4, -0.2) is 109 Å². The third kappa shape index (κ3) is 8.30. The minimum Gasteiger partial charge on any atom is -0.492 e. The summed E-state index contributed by atoms with van der Waals surface area (Å²) in [5.41, 5.74) is 3.33. The van der Waals surface area contributed by atoms with Crippen LogP contribution < -0.4 is 18.9 Å². The first-order valence-corrected chi connectivity index (χ1v) is 20.7. The molecule has 0 spiro atoms. The molecule has 2 fully saturated rings. The van der Waals surface area contributed by atoms with E-state index in [1.54, 1.807) is 24.3 Å². The van der Waals surface area contributed by atoms with Gasteiger partial charge < -0.3 is 43.6 Å². The summed E-state index contributed by atoms with van der Waals surface area (Å²) in [6, 6.07) is 10.9. The van der Waals surface area contributed by atoms with Crippen molar-refractivity contribution in [2.24, 2.45) is 22.9 Å². The summed E-state index contributed by atoms with van der Waals surface area (Å²) in [6.07, 6.45) is 10.0. The van der Waals surface area contributed by atoms with Gasteiger partial charge in [0, 0.05) is 62.9 Å². The van der Waals surface area contributed by atoms with Crippen molar-refractivity contribution in [3.8, 4) is 23.0 Å². The minimum absolute atomic E-state index is 0.112. The largest absolute Gasteiger partial charge is 0.492 e. The van der Waals surface area contributed by atoms with E-state index in [0.29, 0.717) is 68.3 Å². The normalized spacial score (nSPS) is 26.5. The number of fused-ring (bicyclic) bond motifs is 3. The lowest BCUT2D eigenvalue weighted by Gasteiger charge is -2.60. The Bertz CT molecular complexity index is 1740. The molecule has 1 amide bonds. The number of allylic oxidation sites excluding steroid dienone is 1. The predicted molar refractivity (Wildman–Crippen MR) is 212 cm³/mol. The molecule has 6 atom stereocenters. The maximum absolute atomic E-state index is 14.9. The summed E-state index contributed by atoms with van der Waals surface area (Å²) in [6.45, 7) is 13.1. The number of hydrogen-bond acceptors (Lipinski definition) is 11. The average molecular weight is 774 g/mol. The molecule has 0 aromatic heterocycles. The van der Waals surface area contributed by atoms with Gasteiger partial charge >= 0.3 is 0 Å². The molecule has 3 aliphatic heterocycles. The van der Waals surface area contributed by atoms with Gasteiger partial charge in [-0.1, -0.05) is 37.1 Å². The van der Waals surface area contributed by atoms with Crippen LogP contribution in [-0.2, 0) is 9.57 Å². The maximum Gasteiger partial charge on any atom is 0.254 e. The van der Waals surface area contributed by atoms with Crippen LogP contribution in [0.15, 0.2) is 65.9 Å². The lowest BCUT2D eigenvalue weighted by Crippen LogP contribution is -2.70. The summed E-state index contributed by atoms with van der Waals surface area (Å²) in [5.74, 6) is 0.945. The fourth-order valence-electron chi connectivity index (χ4n) is 9.30. The van der Waals surface area contributed by atoms with Gasteiger partial charge in [0.2, 0.25) is 12.6 Å². The van der Waals surface area contributed by atoms with Crippen molar-refractivity contribution >= 4 is 11.6 Å². The maximum atomic E-state index is 14.9. The molecule has 2 aromatic carbocycles. The molecule has 12 nitrogen and oxygen atoms in total. The van der Waals surface area contributed by atoms with Crippen molar-refractivity contribution in [2.45, 2.75) is 83.0 Å². The smallest absolute Gasteiger partial charge is 0.254 e. The number of amides is 1. The zero-order valence-electron chi connectivity index (χ0n) is 33.0. The van der Waals surface area contributed by atoms with E-state index in [2.05, 4.69) is 30.5 Å². The van der Waals surface area contributed by atoms with Crippen LogP contribution in [0.2, 0.25) is 0 Å². The zero-order valence-corrected chi connectivity index (χ0v) is 33.0. The number of benzene rings is 2. The fraction of sp³-hybridized carbons (Fsp3) is 0.591. The van der Waals surface area contributed by atoms with E-state index >= 15 is 0 Å². The van der Waals surface area contributed by atoms with Crippen LogP contribution in [0.4, 0.5) is 0 Å². The van der Waals surface area contributed by atoms with Gasteiger partial charge in [-0.15, -0.1) is 6.58 Å². The van der Waals surface area contributed by atoms with E-state index in [1.165, 1.54) is 0 Å². The molecule has 5 aliphatic rings. The molecular weight excluding hydrogens is 714 g/mol. The van der Waals surface area contributed by atoms with Crippen molar-refractivity contribution in [3.05, 3.63) is 71.8 Å². The van der Waals surface area contributed by atoms with E-state index in [9.17, 15) is 15.0 Å². The number of hydrogen-bond donors (Lipinski definition) is 2. The van der Waals surface area contributed by atoms with E-state index in [4.69, 9.17) is 33.7 Å². The van der Waals surface area contributed by atoms with Crippen LogP contribution in [0, 0.1) is 17.8 Å². The van der Waals surface area contributed by atoms with Crippen molar-refractivity contribution < 1.29 is 43.5 Å². The second kappa shape index (κ2) is 18.4. The molecule has 1 saturated carbocycles. The molecule has 2 aromatic rings. The Kier molecular flexibility index (Phi) is 13.2. The number of carbonyl (C=O) groups excluding carboxylic acids is 1. The Morgan fingerprint density at radius 1 is 1.04 bits per heavy atom.